The lowest BCUT2D eigenvalue weighted by atomic mass is 10.1. The molecule has 0 aliphatic carbocycles. The quantitative estimate of drug-likeness (QED) is 0.702. The molecule has 0 radical (unpaired) electrons. The zero-order valence-corrected chi connectivity index (χ0v) is 10.3. The first-order chi connectivity index (χ1) is 7.96. The third-order valence-corrected chi connectivity index (χ3v) is 2.18. The zero-order valence-electron chi connectivity index (χ0n) is 10.3. The van der Waals surface area contributed by atoms with E-state index in [1.807, 2.05) is 20.8 Å². The lowest BCUT2D eigenvalue weighted by molar-refractivity contribution is 0.00688. The van der Waals surface area contributed by atoms with Crippen LogP contribution < -0.4 is 9.47 Å². The van der Waals surface area contributed by atoms with Crippen molar-refractivity contribution in [2.45, 2.75) is 26.4 Å². The number of carbonyl (C=O) groups is 1. The molecule has 0 saturated carbocycles. The molecule has 0 N–H and O–H groups in total. The summed E-state index contributed by atoms with van der Waals surface area (Å²) in [5.74, 6) is 0.914. The van der Waals surface area contributed by atoms with Crippen LogP contribution in [0.15, 0.2) is 18.2 Å². The minimum Gasteiger partial charge on any atom is -0.486 e. The van der Waals surface area contributed by atoms with Crippen molar-refractivity contribution in [2.75, 3.05) is 13.2 Å². The van der Waals surface area contributed by atoms with Gasteiger partial charge in [-0.2, -0.15) is 0 Å². The van der Waals surface area contributed by atoms with E-state index in [-0.39, 0.29) is 5.97 Å². The Morgan fingerprint density at radius 3 is 2.47 bits per heavy atom. The van der Waals surface area contributed by atoms with Gasteiger partial charge in [-0.15, -0.1) is 0 Å². The Bertz CT molecular complexity index is 432. The Labute approximate surface area is 100 Å². The molecule has 0 fully saturated rings. The molecule has 1 aliphatic rings. The summed E-state index contributed by atoms with van der Waals surface area (Å²) < 4.78 is 16.1. The second-order valence-corrected chi connectivity index (χ2v) is 4.86. The van der Waals surface area contributed by atoms with Crippen molar-refractivity contribution in [3.8, 4) is 11.5 Å². The third-order valence-electron chi connectivity index (χ3n) is 2.18. The Hall–Kier alpha value is -1.71. The smallest absolute Gasteiger partial charge is 0.338 e. The van der Waals surface area contributed by atoms with Crippen LogP contribution in [0.2, 0.25) is 0 Å². The molecule has 0 aromatic heterocycles. The number of rotatable bonds is 1. The Kier molecular flexibility index (Phi) is 2.96. The van der Waals surface area contributed by atoms with E-state index >= 15 is 0 Å². The fourth-order valence-corrected chi connectivity index (χ4v) is 1.51. The number of hydrogen-bond acceptors (Lipinski definition) is 4. The molecule has 0 bridgehead atoms. The molecule has 1 aromatic rings. The molecule has 0 atom stereocenters. The van der Waals surface area contributed by atoms with Crippen LogP contribution in [0.3, 0.4) is 0 Å². The normalized spacial score (nSPS) is 14.3. The average Bonchev–Trinajstić information content (AvgIpc) is 2.26. The van der Waals surface area contributed by atoms with E-state index in [9.17, 15) is 4.79 Å². The van der Waals surface area contributed by atoms with Crippen LogP contribution in [0, 0.1) is 0 Å². The van der Waals surface area contributed by atoms with E-state index in [4.69, 9.17) is 14.2 Å². The highest BCUT2D eigenvalue weighted by atomic mass is 16.6. The number of ether oxygens (including phenoxy) is 3. The summed E-state index contributed by atoms with van der Waals surface area (Å²) in [7, 11) is 0. The molecule has 0 unspecified atom stereocenters. The van der Waals surface area contributed by atoms with Crippen LogP contribution in [0.25, 0.3) is 0 Å². The summed E-state index contributed by atoms with van der Waals surface area (Å²) in [6.45, 7) is 6.55. The second kappa shape index (κ2) is 4.28. The first-order valence-corrected chi connectivity index (χ1v) is 5.59. The van der Waals surface area contributed by atoms with Gasteiger partial charge in [0.2, 0.25) is 0 Å². The van der Waals surface area contributed by atoms with Gasteiger partial charge in [0, 0.05) is 0 Å². The van der Waals surface area contributed by atoms with Crippen LogP contribution in [0.1, 0.15) is 31.1 Å². The van der Waals surface area contributed by atoms with Crippen molar-refractivity contribution in [3.05, 3.63) is 23.8 Å². The van der Waals surface area contributed by atoms with Crippen LogP contribution in [-0.2, 0) is 4.74 Å². The Balaban J connectivity index is 2.19. The standard InChI is InChI=1S/C13H16O4/c1-13(2,3)17-12(14)9-4-5-10-11(8-9)16-7-6-15-10/h4-5,8H,6-7H2,1-3H3. The van der Waals surface area contributed by atoms with E-state index in [2.05, 4.69) is 0 Å². The molecule has 4 heteroatoms. The summed E-state index contributed by atoms with van der Waals surface area (Å²) >= 11 is 0. The predicted octanol–water partition coefficient (Wildman–Crippen LogP) is 2.41. The van der Waals surface area contributed by atoms with Gasteiger partial charge in [-0.25, -0.2) is 4.79 Å². The van der Waals surface area contributed by atoms with Crippen molar-refractivity contribution in [3.63, 3.8) is 0 Å². The Morgan fingerprint density at radius 1 is 1.18 bits per heavy atom. The van der Waals surface area contributed by atoms with Gasteiger partial charge in [0.25, 0.3) is 0 Å². The number of fused-ring (bicyclic) bond motifs is 1. The van der Waals surface area contributed by atoms with E-state index < -0.39 is 5.60 Å². The van der Waals surface area contributed by atoms with Crippen molar-refractivity contribution < 1.29 is 19.0 Å². The Morgan fingerprint density at radius 2 is 1.82 bits per heavy atom. The monoisotopic (exact) mass is 236 g/mol. The zero-order chi connectivity index (χ0) is 12.5. The van der Waals surface area contributed by atoms with Gasteiger partial charge in [0.15, 0.2) is 11.5 Å². The third kappa shape index (κ3) is 2.90. The molecule has 1 aliphatic heterocycles. The first kappa shape index (κ1) is 11.8. The van der Waals surface area contributed by atoms with E-state index in [0.29, 0.717) is 30.3 Å². The van der Waals surface area contributed by atoms with Gasteiger partial charge in [-0.1, -0.05) is 0 Å². The van der Waals surface area contributed by atoms with Crippen LogP contribution in [0.4, 0.5) is 0 Å². The van der Waals surface area contributed by atoms with E-state index in [1.54, 1.807) is 18.2 Å². The fraction of sp³-hybridized carbons (Fsp3) is 0.462. The maximum absolute atomic E-state index is 11.8. The highest BCUT2D eigenvalue weighted by molar-refractivity contribution is 5.90. The molecule has 4 nitrogen and oxygen atoms in total. The molecule has 0 spiro atoms. The summed E-state index contributed by atoms with van der Waals surface area (Å²) in [5, 5.41) is 0. The van der Waals surface area contributed by atoms with Crippen LogP contribution >= 0.6 is 0 Å². The summed E-state index contributed by atoms with van der Waals surface area (Å²) in [6.07, 6.45) is 0. The molecular formula is C13H16O4. The lowest BCUT2D eigenvalue weighted by Crippen LogP contribution is -2.24. The molecule has 2 rings (SSSR count). The number of esters is 1. The van der Waals surface area contributed by atoms with Crippen LogP contribution in [0.5, 0.6) is 11.5 Å². The average molecular weight is 236 g/mol. The summed E-state index contributed by atoms with van der Waals surface area (Å²) in [6, 6.07) is 5.07. The van der Waals surface area contributed by atoms with Gasteiger partial charge in [0.1, 0.15) is 18.8 Å². The highest BCUT2D eigenvalue weighted by Crippen LogP contribution is 2.31. The minimum atomic E-state index is -0.496. The van der Waals surface area contributed by atoms with Gasteiger partial charge < -0.3 is 14.2 Å². The number of benzene rings is 1. The molecule has 17 heavy (non-hydrogen) atoms. The van der Waals surface area contributed by atoms with Gasteiger partial charge in [0.05, 0.1) is 5.56 Å². The van der Waals surface area contributed by atoms with Gasteiger partial charge in [-0.05, 0) is 39.0 Å². The molecule has 92 valence electrons. The molecule has 0 saturated heterocycles. The highest BCUT2D eigenvalue weighted by Gasteiger charge is 2.20. The minimum absolute atomic E-state index is 0.352. The predicted molar refractivity (Wildman–Crippen MR) is 62.6 cm³/mol. The van der Waals surface area contributed by atoms with Gasteiger partial charge in [-0.3, -0.25) is 0 Å². The van der Waals surface area contributed by atoms with Crippen molar-refractivity contribution in [1.82, 2.24) is 0 Å². The molecule has 1 heterocycles. The summed E-state index contributed by atoms with van der Waals surface area (Å²) in [4.78, 5) is 11.8. The second-order valence-electron chi connectivity index (χ2n) is 4.86. The SMILES string of the molecule is CC(C)(C)OC(=O)c1ccc2c(c1)OCCO2. The number of hydrogen-bond donors (Lipinski definition) is 0. The van der Waals surface area contributed by atoms with E-state index in [1.165, 1.54) is 0 Å². The molecule has 1 aromatic carbocycles. The largest absolute Gasteiger partial charge is 0.486 e. The first-order valence-electron chi connectivity index (χ1n) is 5.59. The van der Waals surface area contributed by atoms with Crippen molar-refractivity contribution in [1.29, 1.82) is 0 Å². The van der Waals surface area contributed by atoms with E-state index in [0.717, 1.165) is 0 Å². The van der Waals surface area contributed by atoms with Crippen LogP contribution in [-0.4, -0.2) is 24.8 Å². The summed E-state index contributed by atoms with van der Waals surface area (Å²) in [5.41, 5.74) is -0.0196. The molecular weight excluding hydrogens is 220 g/mol. The van der Waals surface area contributed by atoms with Gasteiger partial charge >= 0.3 is 5.97 Å². The maximum Gasteiger partial charge on any atom is 0.338 e. The van der Waals surface area contributed by atoms with Crippen molar-refractivity contribution in [2.24, 2.45) is 0 Å². The number of carbonyl (C=O) groups excluding carboxylic acids is 1. The lowest BCUT2D eigenvalue weighted by Gasteiger charge is -2.21. The topological polar surface area (TPSA) is 44.8 Å². The van der Waals surface area contributed by atoms with Crippen molar-refractivity contribution >= 4 is 5.97 Å². The fourth-order valence-electron chi connectivity index (χ4n) is 1.51. The maximum atomic E-state index is 11.8. The molecule has 0 amide bonds.